The lowest BCUT2D eigenvalue weighted by atomic mass is 9.95. The zero-order valence-corrected chi connectivity index (χ0v) is 22.2. The van der Waals surface area contributed by atoms with Crippen LogP contribution in [0.3, 0.4) is 0 Å². The number of anilines is 1. The molecule has 8 nitrogen and oxygen atoms in total. The first-order valence-corrected chi connectivity index (χ1v) is 12.5. The highest BCUT2D eigenvalue weighted by molar-refractivity contribution is 6.35. The number of hydrogen-bond donors (Lipinski definition) is 1. The molecule has 5 rings (SSSR count). The summed E-state index contributed by atoms with van der Waals surface area (Å²) >= 11 is 12.6. The average Bonchev–Trinajstić information content (AvgIpc) is 3.39. The van der Waals surface area contributed by atoms with Crippen LogP contribution < -0.4 is 14.8 Å². The van der Waals surface area contributed by atoms with Crippen molar-refractivity contribution in [3.05, 3.63) is 111 Å². The molecule has 194 valence electrons. The van der Waals surface area contributed by atoms with Gasteiger partial charge >= 0.3 is 5.97 Å². The molecule has 1 aromatic heterocycles. The van der Waals surface area contributed by atoms with Crippen LogP contribution in [-0.2, 0) is 22.7 Å². The van der Waals surface area contributed by atoms with E-state index in [-0.39, 0.29) is 13.2 Å². The van der Waals surface area contributed by atoms with Crippen LogP contribution in [0.1, 0.15) is 29.7 Å². The number of methoxy groups -OCH3 is 1. The smallest absolute Gasteiger partial charge is 0.338 e. The van der Waals surface area contributed by atoms with E-state index in [2.05, 4.69) is 15.4 Å². The van der Waals surface area contributed by atoms with Crippen molar-refractivity contribution in [2.75, 3.05) is 12.4 Å². The molecule has 2 heterocycles. The van der Waals surface area contributed by atoms with Crippen molar-refractivity contribution in [3.8, 4) is 11.5 Å². The maximum absolute atomic E-state index is 13.4. The molecular weight excluding hydrogens is 527 g/mol. The van der Waals surface area contributed by atoms with Crippen LogP contribution in [0.15, 0.2) is 84.3 Å². The summed E-state index contributed by atoms with van der Waals surface area (Å²) in [5.41, 5.74) is 3.35. The molecule has 0 fully saturated rings. The van der Waals surface area contributed by atoms with E-state index in [0.717, 1.165) is 11.1 Å². The molecule has 3 aromatic carbocycles. The Morgan fingerprint density at radius 1 is 1.00 bits per heavy atom. The third kappa shape index (κ3) is 5.18. The fourth-order valence-electron chi connectivity index (χ4n) is 4.26. The van der Waals surface area contributed by atoms with Crippen molar-refractivity contribution < 1.29 is 19.0 Å². The van der Waals surface area contributed by atoms with Crippen molar-refractivity contribution in [1.82, 2.24) is 14.8 Å². The number of rotatable bonds is 8. The number of ether oxygens (including phenoxy) is 3. The maximum Gasteiger partial charge on any atom is 0.338 e. The van der Waals surface area contributed by atoms with Gasteiger partial charge in [0.1, 0.15) is 25.6 Å². The Morgan fingerprint density at radius 3 is 2.50 bits per heavy atom. The topological polar surface area (TPSA) is 87.5 Å². The normalized spacial score (nSPS) is 14.5. The first-order valence-electron chi connectivity index (χ1n) is 11.8. The molecule has 1 aliphatic rings. The molecule has 0 amide bonds. The van der Waals surface area contributed by atoms with Crippen LogP contribution in [0.5, 0.6) is 11.5 Å². The standard InChI is InChI=1S/C28H24Cl2N4O4/c1-17-25(27(35)38-14-18-7-4-3-5-8-18)26(34-28(33-17)31-16-32-34)19-11-12-23(24(13-19)36-2)37-15-20-21(29)9-6-10-22(20)30/h3-13,16,26H,14-15H2,1-2H3,(H,31,32,33). The Labute approximate surface area is 229 Å². The molecular formula is C28H24Cl2N4O4. The van der Waals surface area contributed by atoms with Crippen LogP contribution in [0.25, 0.3) is 0 Å². The number of hydrogen-bond acceptors (Lipinski definition) is 7. The van der Waals surface area contributed by atoms with Gasteiger partial charge < -0.3 is 19.5 Å². The third-order valence-electron chi connectivity index (χ3n) is 6.16. The van der Waals surface area contributed by atoms with Gasteiger partial charge in [-0.25, -0.2) is 9.48 Å². The molecule has 4 aromatic rings. The zero-order valence-electron chi connectivity index (χ0n) is 20.7. The fourth-order valence-corrected chi connectivity index (χ4v) is 4.76. The van der Waals surface area contributed by atoms with Crippen LogP contribution in [0.4, 0.5) is 5.95 Å². The van der Waals surface area contributed by atoms with Gasteiger partial charge in [-0.3, -0.25) is 0 Å². The minimum atomic E-state index is -0.599. The number of carbonyl (C=O) groups excluding carboxylic acids is 1. The number of halogens is 2. The van der Waals surface area contributed by atoms with Gasteiger partial charge in [-0.1, -0.05) is 65.7 Å². The van der Waals surface area contributed by atoms with E-state index >= 15 is 0 Å². The summed E-state index contributed by atoms with van der Waals surface area (Å²) in [4.78, 5) is 17.7. The van der Waals surface area contributed by atoms with E-state index < -0.39 is 12.0 Å². The van der Waals surface area contributed by atoms with Crippen LogP contribution in [0.2, 0.25) is 10.0 Å². The van der Waals surface area contributed by atoms with Crippen molar-refractivity contribution in [2.24, 2.45) is 0 Å². The molecule has 1 aliphatic heterocycles. The van der Waals surface area contributed by atoms with E-state index in [4.69, 9.17) is 37.4 Å². The van der Waals surface area contributed by atoms with Gasteiger partial charge in [-0.2, -0.15) is 10.1 Å². The van der Waals surface area contributed by atoms with E-state index in [1.165, 1.54) is 6.33 Å². The lowest BCUT2D eigenvalue weighted by molar-refractivity contribution is -0.140. The van der Waals surface area contributed by atoms with Crippen LogP contribution in [0, 0.1) is 0 Å². The number of nitrogens with one attached hydrogen (secondary N) is 1. The Morgan fingerprint density at radius 2 is 1.76 bits per heavy atom. The molecule has 0 radical (unpaired) electrons. The van der Waals surface area contributed by atoms with E-state index in [9.17, 15) is 4.79 Å². The van der Waals surface area contributed by atoms with Crippen LogP contribution in [-0.4, -0.2) is 27.8 Å². The molecule has 1 N–H and O–H groups in total. The van der Waals surface area contributed by atoms with Crippen molar-refractivity contribution in [2.45, 2.75) is 26.2 Å². The molecule has 0 saturated carbocycles. The summed E-state index contributed by atoms with van der Waals surface area (Å²) in [7, 11) is 1.55. The molecule has 0 aliphatic carbocycles. The van der Waals surface area contributed by atoms with E-state index in [1.807, 2.05) is 49.4 Å². The quantitative estimate of drug-likeness (QED) is 0.261. The monoisotopic (exact) mass is 550 g/mol. The molecule has 10 heteroatoms. The first kappa shape index (κ1) is 25.6. The van der Waals surface area contributed by atoms with E-state index in [0.29, 0.717) is 44.3 Å². The maximum atomic E-state index is 13.4. The second-order valence-electron chi connectivity index (χ2n) is 8.56. The highest BCUT2D eigenvalue weighted by Crippen LogP contribution is 2.39. The summed E-state index contributed by atoms with van der Waals surface area (Å²) in [5, 5.41) is 8.55. The predicted molar refractivity (Wildman–Crippen MR) is 145 cm³/mol. The van der Waals surface area contributed by atoms with Gasteiger partial charge in [0.15, 0.2) is 11.5 Å². The van der Waals surface area contributed by atoms with E-state index in [1.54, 1.807) is 36.1 Å². The van der Waals surface area contributed by atoms with Gasteiger partial charge in [0.25, 0.3) is 0 Å². The minimum absolute atomic E-state index is 0.147. The van der Waals surface area contributed by atoms with Crippen molar-refractivity contribution in [3.63, 3.8) is 0 Å². The summed E-state index contributed by atoms with van der Waals surface area (Å²) < 4.78 is 19.0. The number of nitrogens with zero attached hydrogens (tertiary/aromatic N) is 3. The van der Waals surface area contributed by atoms with Gasteiger partial charge in [-0.15, -0.1) is 0 Å². The Kier molecular flexibility index (Phi) is 7.53. The summed E-state index contributed by atoms with van der Waals surface area (Å²) in [6.45, 7) is 2.12. The fraction of sp³-hybridized carbons (Fsp3) is 0.179. The Balaban J connectivity index is 1.44. The highest BCUT2D eigenvalue weighted by Gasteiger charge is 2.35. The second kappa shape index (κ2) is 11.2. The molecule has 0 saturated heterocycles. The molecule has 0 spiro atoms. The number of fused-ring (bicyclic) bond motifs is 1. The summed E-state index contributed by atoms with van der Waals surface area (Å²) in [6, 6.07) is 19.6. The number of carbonyl (C=O) groups is 1. The van der Waals surface area contributed by atoms with Gasteiger partial charge in [0.2, 0.25) is 5.95 Å². The number of esters is 1. The number of benzene rings is 3. The summed E-state index contributed by atoms with van der Waals surface area (Å²) in [5.74, 6) is 1.02. The minimum Gasteiger partial charge on any atom is -0.493 e. The predicted octanol–water partition coefficient (Wildman–Crippen LogP) is 6.20. The molecule has 1 unspecified atom stereocenters. The largest absolute Gasteiger partial charge is 0.493 e. The lowest BCUT2D eigenvalue weighted by Gasteiger charge is -2.28. The van der Waals surface area contributed by atoms with Gasteiger partial charge in [-0.05, 0) is 42.3 Å². The SMILES string of the molecule is COc1cc(C2C(C(=O)OCc3ccccc3)=C(C)Nc3ncnn32)ccc1OCc1c(Cl)cccc1Cl. The highest BCUT2D eigenvalue weighted by atomic mass is 35.5. The Hall–Kier alpha value is -4.01. The zero-order chi connectivity index (χ0) is 26.6. The number of aromatic nitrogens is 3. The number of allylic oxidation sites excluding steroid dienone is 1. The van der Waals surface area contributed by atoms with Crippen molar-refractivity contribution >= 4 is 35.1 Å². The van der Waals surface area contributed by atoms with Gasteiger partial charge in [0.05, 0.1) is 12.7 Å². The Bertz CT molecular complexity index is 1480. The second-order valence-corrected chi connectivity index (χ2v) is 9.37. The lowest BCUT2D eigenvalue weighted by Crippen LogP contribution is -2.29. The molecule has 38 heavy (non-hydrogen) atoms. The first-order chi connectivity index (χ1) is 18.5. The van der Waals surface area contributed by atoms with Crippen LogP contribution >= 0.6 is 23.2 Å². The average molecular weight is 551 g/mol. The third-order valence-corrected chi connectivity index (χ3v) is 6.87. The molecule has 0 bridgehead atoms. The molecule has 1 atom stereocenters. The van der Waals surface area contributed by atoms with Gasteiger partial charge in [0, 0.05) is 21.3 Å². The summed E-state index contributed by atoms with van der Waals surface area (Å²) in [6.07, 6.45) is 1.43. The van der Waals surface area contributed by atoms with Crippen molar-refractivity contribution in [1.29, 1.82) is 0 Å².